The van der Waals surface area contributed by atoms with Crippen molar-refractivity contribution in [3.63, 3.8) is 0 Å². The van der Waals surface area contributed by atoms with E-state index in [0.29, 0.717) is 0 Å². The van der Waals surface area contributed by atoms with E-state index in [0.717, 1.165) is 0 Å². The first-order chi connectivity index (χ1) is 5.37. The minimum Gasteiger partial charge on any atom is -0.225 e. The first-order valence-corrected chi connectivity index (χ1v) is 8.21. The van der Waals surface area contributed by atoms with Crippen molar-refractivity contribution in [2.75, 3.05) is 6.26 Å². The molecule has 0 heterocycles. The van der Waals surface area contributed by atoms with E-state index in [9.17, 15) is 8.42 Å². The molecule has 0 radical (unpaired) electrons. The van der Waals surface area contributed by atoms with E-state index < -0.39 is 16.6 Å². The van der Waals surface area contributed by atoms with Crippen molar-refractivity contribution in [2.45, 2.75) is 51.9 Å². The molecule has 0 aromatic heterocycles. The Balaban J connectivity index is 5.28. The van der Waals surface area contributed by atoms with Crippen LogP contribution in [0.1, 0.15) is 41.5 Å². The van der Waals surface area contributed by atoms with Gasteiger partial charge in [0.1, 0.15) is 0 Å². The Labute approximate surface area is 83.5 Å². The zero-order valence-electron chi connectivity index (χ0n) is 9.67. The van der Waals surface area contributed by atoms with Crippen molar-refractivity contribution in [2.24, 2.45) is 0 Å². The zero-order valence-corrected chi connectivity index (χ0v) is 11.4. The Morgan fingerprint density at radius 1 is 0.846 bits per heavy atom. The van der Waals surface area contributed by atoms with Crippen molar-refractivity contribution in [3.8, 4) is 0 Å². The molecule has 2 nitrogen and oxygen atoms in total. The highest BCUT2D eigenvalue weighted by Gasteiger charge is 2.41. The van der Waals surface area contributed by atoms with Gasteiger partial charge in [-0.3, -0.25) is 0 Å². The van der Waals surface area contributed by atoms with E-state index in [2.05, 4.69) is 0 Å². The second kappa shape index (κ2) is 3.51. The maximum absolute atomic E-state index is 11.7. The van der Waals surface area contributed by atoms with Gasteiger partial charge in [-0.1, -0.05) is 41.5 Å². The summed E-state index contributed by atoms with van der Waals surface area (Å²) < 4.78 is 23.3. The van der Waals surface area contributed by atoms with Gasteiger partial charge >= 0.3 is 0 Å². The maximum atomic E-state index is 11.7. The van der Waals surface area contributed by atoms with Crippen molar-refractivity contribution in [3.05, 3.63) is 0 Å². The third kappa shape index (κ3) is 3.95. The summed E-state index contributed by atoms with van der Waals surface area (Å²) in [4.78, 5) is 0. The smallest absolute Gasteiger partial charge is 0.165 e. The van der Waals surface area contributed by atoms with Gasteiger partial charge in [-0.25, -0.2) is 8.42 Å². The van der Waals surface area contributed by atoms with E-state index in [4.69, 9.17) is 0 Å². The standard InChI is InChI=1S/C9H21O2PS/c1-8(2,3)12(9(4,5)6)13(7,10)11/h1-7H3. The third-order valence-electron chi connectivity index (χ3n) is 1.55. The fraction of sp³-hybridized carbons (Fsp3) is 1.00. The molecule has 0 rings (SSSR count). The van der Waals surface area contributed by atoms with Crippen LogP contribution in [-0.2, 0) is 9.46 Å². The lowest BCUT2D eigenvalue weighted by Crippen LogP contribution is -2.28. The van der Waals surface area contributed by atoms with Crippen LogP contribution in [0.3, 0.4) is 0 Å². The summed E-state index contributed by atoms with van der Waals surface area (Å²) >= 11 is 0. The molecule has 0 aliphatic heterocycles. The maximum Gasteiger partial charge on any atom is 0.165 e. The first kappa shape index (κ1) is 13.4. The lowest BCUT2D eigenvalue weighted by molar-refractivity contribution is 0.610. The van der Waals surface area contributed by atoms with Crippen molar-refractivity contribution < 1.29 is 8.42 Å². The molecular formula is C9H21O2PS. The van der Waals surface area contributed by atoms with Crippen LogP contribution in [0.15, 0.2) is 0 Å². The predicted molar refractivity (Wildman–Crippen MR) is 61.3 cm³/mol. The van der Waals surface area contributed by atoms with Crippen LogP contribution < -0.4 is 0 Å². The van der Waals surface area contributed by atoms with Crippen LogP contribution in [0.2, 0.25) is 0 Å². The van der Waals surface area contributed by atoms with Crippen LogP contribution in [-0.4, -0.2) is 25.0 Å². The average Bonchev–Trinajstić information content (AvgIpc) is 1.44. The van der Waals surface area contributed by atoms with E-state index >= 15 is 0 Å². The van der Waals surface area contributed by atoms with Crippen LogP contribution in [0, 0.1) is 0 Å². The van der Waals surface area contributed by atoms with Crippen molar-refractivity contribution >= 4 is 16.6 Å². The normalized spacial score (nSPS) is 15.1. The second-order valence-corrected chi connectivity index (χ2v) is 13.2. The number of rotatable bonds is 1. The summed E-state index contributed by atoms with van der Waals surface area (Å²) in [5.74, 6) is 0. The molecule has 0 aromatic carbocycles. The van der Waals surface area contributed by atoms with E-state index in [1.165, 1.54) is 6.26 Å². The molecule has 0 spiro atoms. The highest BCUT2D eigenvalue weighted by atomic mass is 32.8. The first-order valence-electron chi connectivity index (χ1n) is 4.37. The summed E-state index contributed by atoms with van der Waals surface area (Å²) in [5, 5.41) is -0.275. The molecule has 0 atom stereocenters. The molecule has 0 bridgehead atoms. The Morgan fingerprint density at radius 2 is 1.08 bits per heavy atom. The fourth-order valence-electron chi connectivity index (χ4n) is 2.00. The van der Waals surface area contributed by atoms with Gasteiger partial charge in [-0.2, -0.15) is 0 Å². The Kier molecular flexibility index (Phi) is 3.61. The predicted octanol–water partition coefficient (Wildman–Crippen LogP) is 3.02. The van der Waals surface area contributed by atoms with Gasteiger partial charge in [-0.15, -0.1) is 0 Å². The summed E-state index contributed by atoms with van der Waals surface area (Å²) in [7, 11) is -3.93. The summed E-state index contributed by atoms with van der Waals surface area (Å²) in [6, 6.07) is 0. The molecule has 0 unspecified atom stereocenters. The average molecular weight is 224 g/mol. The Hall–Kier alpha value is 0.380. The van der Waals surface area contributed by atoms with Gasteiger partial charge in [0.2, 0.25) is 0 Å². The highest BCUT2D eigenvalue weighted by Crippen LogP contribution is 2.63. The molecule has 13 heavy (non-hydrogen) atoms. The van der Waals surface area contributed by atoms with Gasteiger partial charge in [0.05, 0.1) is 0 Å². The van der Waals surface area contributed by atoms with Gasteiger partial charge in [-0.05, 0) is 10.3 Å². The minimum absolute atomic E-state index is 0.138. The van der Waals surface area contributed by atoms with Gasteiger partial charge in [0.15, 0.2) is 9.46 Å². The molecule has 0 aliphatic carbocycles. The molecule has 0 saturated carbocycles. The molecular weight excluding hydrogens is 203 g/mol. The molecule has 0 N–H and O–H groups in total. The quantitative estimate of drug-likeness (QED) is 0.641. The monoisotopic (exact) mass is 224 g/mol. The van der Waals surface area contributed by atoms with Gasteiger partial charge in [0, 0.05) is 13.4 Å². The largest absolute Gasteiger partial charge is 0.225 e. The molecule has 0 aliphatic rings. The molecule has 0 aromatic rings. The summed E-state index contributed by atoms with van der Waals surface area (Å²) in [6.45, 7) is 12.0. The van der Waals surface area contributed by atoms with Crippen LogP contribution in [0.4, 0.5) is 0 Å². The van der Waals surface area contributed by atoms with E-state index in [1.807, 2.05) is 41.5 Å². The highest BCUT2D eigenvalue weighted by molar-refractivity contribution is 8.50. The number of hydrogen-bond donors (Lipinski definition) is 0. The topological polar surface area (TPSA) is 34.1 Å². The molecule has 80 valence electrons. The fourth-order valence-corrected chi connectivity index (χ4v) is 12.0. The summed E-state index contributed by atoms with van der Waals surface area (Å²) in [6.07, 6.45) is 1.36. The minimum atomic E-state index is -2.92. The second-order valence-electron chi connectivity index (χ2n) is 5.37. The van der Waals surface area contributed by atoms with Crippen LogP contribution >= 0.6 is 7.12 Å². The molecule has 0 fully saturated rings. The van der Waals surface area contributed by atoms with E-state index in [1.54, 1.807) is 0 Å². The van der Waals surface area contributed by atoms with Gasteiger partial charge < -0.3 is 0 Å². The van der Waals surface area contributed by atoms with Crippen LogP contribution in [0.5, 0.6) is 0 Å². The zero-order chi connectivity index (χ0) is 11.1. The van der Waals surface area contributed by atoms with Crippen molar-refractivity contribution in [1.29, 1.82) is 0 Å². The van der Waals surface area contributed by atoms with Crippen LogP contribution in [0.25, 0.3) is 0 Å². The summed E-state index contributed by atoms with van der Waals surface area (Å²) in [5.41, 5.74) is 0. The lowest BCUT2D eigenvalue weighted by Gasteiger charge is -2.39. The third-order valence-corrected chi connectivity index (χ3v) is 9.93. The van der Waals surface area contributed by atoms with Gasteiger partial charge in [0.25, 0.3) is 0 Å². The van der Waals surface area contributed by atoms with Crippen molar-refractivity contribution in [1.82, 2.24) is 0 Å². The SMILES string of the molecule is CC(C)(C)P(C(C)(C)C)S(C)(=O)=O. The van der Waals surface area contributed by atoms with E-state index in [-0.39, 0.29) is 10.3 Å². The Bertz CT molecular complexity index is 253. The Morgan fingerprint density at radius 3 is 1.08 bits per heavy atom. The lowest BCUT2D eigenvalue weighted by atomic mass is 10.2. The number of hydrogen-bond acceptors (Lipinski definition) is 2. The molecule has 4 heteroatoms. The molecule has 0 amide bonds. The molecule has 0 saturated heterocycles.